The predicted molar refractivity (Wildman–Crippen MR) is 75.0 cm³/mol. The molecule has 0 spiro atoms. The van der Waals surface area contributed by atoms with E-state index in [1.54, 1.807) is 30.9 Å². The first-order chi connectivity index (χ1) is 8.04. The number of anilines is 2. The van der Waals surface area contributed by atoms with Crippen molar-refractivity contribution in [2.45, 2.75) is 6.92 Å². The maximum atomic E-state index is 11.7. The fourth-order valence-corrected chi connectivity index (χ4v) is 2.09. The fraction of sp³-hybridized carbons (Fsp3) is 0.417. The number of hydrogen-bond donors (Lipinski definition) is 1. The molecule has 0 bridgehead atoms. The lowest BCUT2D eigenvalue weighted by molar-refractivity contribution is -0.127. The molecule has 94 valence electrons. The molecule has 0 unspecified atom stereocenters. The van der Waals surface area contributed by atoms with Crippen LogP contribution in [0.4, 0.5) is 11.4 Å². The van der Waals surface area contributed by atoms with E-state index in [-0.39, 0.29) is 5.91 Å². The van der Waals surface area contributed by atoms with Gasteiger partial charge in [0.05, 0.1) is 0 Å². The third-order valence-electron chi connectivity index (χ3n) is 2.22. The van der Waals surface area contributed by atoms with E-state index in [1.165, 1.54) is 0 Å². The maximum absolute atomic E-state index is 11.7. The lowest BCUT2D eigenvalue weighted by atomic mass is 10.3. The van der Waals surface area contributed by atoms with Crippen LogP contribution >= 0.6 is 11.9 Å². The number of nitrogen functional groups attached to an aromatic ring is 1. The van der Waals surface area contributed by atoms with Gasteiger partial charge in [0.25, 0.3) is 0 Å². The van der Waals surface area contributed by atoms with Gasteiger partial charge in [-0.2, -0.15) is 0 Å². The van der Waals surface area contributed by atoms with E-state index >= 15 is 0 Å². The molecule has 17 heavy (non-hydrogen) atoms. The third kappa shape index (κ3) is 4.19. The van der Waals surface area contributed by atoms with Crippen LogP contribution in [0, 0.1) is 0 Å². The molecule has 2 N–H and O–H groups in total. The summed E-state index contributed by atoms with van der Waals surface area (Å²) in [4.78, 5) is 13.3. The van der Waals surface area contributed by atoms with Gasteiger partial charge in [0.15, 0.2) is 0 Å². The summed E-state index contributed by atoms with van der Waals surface area (Å²) in [5.74, 6) is 0.989. The summed E-state index contributed by atoms with van der Waals surface area (Å²) in [6.45, 7) is 2.42. The van der Waals surface area contributed by atoms with Gasteiger partial charge in [0, 0.05) is 31.2 Å². The number of rotatable bonds is 5. The van der Waals surface area contributed by atoms with E-state index in [2.05, 4.69) is 6.92 Å². The highest BCUT2D eigenvalue weighted by molar-refractivity contribution is 8.00. The zero-order valence-electron chi connectivity index (χ0n) is 10.5. The molecular formula is C12H19N3OS. The molecule has 0 radical (unpaired) electrons. The molecule has 1 aromatic rings. The molecular weight excluding hydrogens is 234 g/mol. The molecule has 4 nitrogen and oxygen atoms in total. The van der Waals surface area contributed by atoms with Crippen LogP contribution in [0.25, 0.3) is 0 Å². The average molecular weight is 253 g/mol. The summed E-state index contributed by atoms with van der Waals surface area (Å²) in [5, 5.41) is 0. The molecule has 0 saturated carbocycles. The van der Waals surface area contributed by atoms with Crippen molar-refractivity contribution in [3.63, 3.8) is 0 Å². The first-order valence-corrected chi connectivity index (χ1v) is 6.45. The Kier molecular flexibility index (Phi) is 5.15. The van der Waals surface area contributed by atoms with Crippen LogP contribution < -0.4 is 10.0 Å². The van der Waals surface area contributed by atoms with Gasteiger partial charge in [0.2, 0.25) is 5.91 Å². The molecule has 0 aliphatic heterocycles. The standard InChI is InChI=1S/C12H19N3OS/c1-4-17-15(9-12(16)14(2)3)11-7-5-6-10(13)8-11/h5-8H,4,9,13H2,1-3H3. The quantitative estimate of drug-likeness (QED) is 0.642. The van der Waals surface area contributed by atoms with Gasteiger partial charge < -0.3 is 14.9 Å². The molecule has 0 aromatic heterocycles. The maximum Gasteiger partial charge on any atom is 0.242 e. The first kappa shape index (κ1) is 13.7. The van der Waals surface area contributed by atoms with Gasteiger partial charge in [-0.25, -0.2) is 0 Å². The number of benzene rings is 1. The number of nitrogens with zero attached hydrogens (tertiary/aromatic N) is 2. The third-order valence-corrected chi connectivity index (χ3v) is 3.13. The van der Waals surface area contributed by atoms with E-state index in [0.717, 1.165) is 11.4 Å². The molecule has 1 amide bonds. The lowest BCUT2D eigenvalue weighted by Gasteiger charge is -2.24. The second-order valence-electron chi connectivity index (χ2n) is 3.84. The Bertz CT molecular complexity index is 382. The molecule has 1 aromatic carbocycles. The summed E-state index contributed by atoms with van der Waals surface area (Å²) >= 11 is 1.61. The first-order valence-electron chi connectivity index (χ1n) is 5.50. The minimum atomic E-state index is 0.0772. The molecule has 0 atom stereocenters. The number of carbonyl (C=O) groups excluding carboxylic acids is 1. The van der Waals surface area contributed by atoms with E-state index < -0.39 is 0 Å². The lowest BCUT2D eigenvalue weighted by Crippen LogP contribution is -2.33. The van der Waals surface area contributed by atoms with E-state index in [9.17, 15) is 4.79 Å². The number of amides is 1. The Balaban J connectivity index is 2.82. The minimum Gasteiger partial charge on any atom is -0.399 e. The van der Waals surface area contributed by atoms with Gasteiger partial charge >= 0.3 is 0 Å². The number of hydrogen-bond acceptors (Lipinski definition) is 4. The zero-order valence-corrected chi connectivity index (χ0v) is 11.3. The van der Waals surface area contributed by atoms with Crippen LogP contribution in [-0.2, 0) is 4.79 Å². The largest absolute Gasteiger partial charge is 0.399 e. The van der Waals surface area contributed by atoms with Crippen molar-refractivity contribution < 1.29 is 4.79 Å². The summed E-state index contributed by atoms with van der Waals surface area (Å²) < 4.78 is 1.97. The van der Waals surface area contributed by atoms with Crippen molar-refractivity contribution >= 4 is 29.2 Å². The van der Waals surface area contributed by atoms with E-state index in [1.807, 2.05) is 28.6 Å². The number of nitrogens with two attached hydrogens (primary N) is 1. The Hall–Kier alpha value is -1.36. The summed E-state index contributed by atoms with van der Waals surface area (Å²) in [5.41, 5.74) is 7.43. The Morgan fingerprint density at radius 3 is 2.65 bits per heavy atom. The number of likely N-dealkylation sites (N-methyl/N-ethyl adjacent to an activating group) is 1. The summed E-state index contributed by atoms with van der Waals surface area (Å²) in [6.07, 6.45) is 0. The highest BCUT2D eigenvalue weighted by Gasteiger charge is 2.13. The van der Waals surface area contributed by atoms with Gasteiger partial charge in [-0.1, -0.05) is 13.0 Å². The van der Waals surface area contributed by atoms with Crippen molar-refractivity contribution in [1.82, 2.24) is 4.90 Å². The van der Waals surface area contributed by atoms with Crippen molar-refractivity contribution in [2.75, 3.05) is 36.4 Å². The molecule has 0 heterocycles. The molecule has 5 heteroatoms. The van der Waals surface area contributed by atoms with Gasteiger partial charge in [0.1, 0.15) is 6.54 Å². The Morgan fingerprint density at radius 2 is 2.12 bits per heavy atom. The monoisotopic (exact) mass is 253 g/mol. The van der Waals surface area contributed by atoms with E-state index in [0.29, 0.717) is 12.2 Å². The molecule has 0 aliphatic rings. The van der Waals surface area contributed by atoms with Crippen LogP contribution in [0.1, 0.15) is 6.92 Å². The molecule has 0 fully saturated rings. The summed E-state index contributed by atoms with van der Waals surface area (Å²) in [6, 6.07) is 7.58. The average Bonchev–Trinajstić information content (AvgIpc) is 2.28. The Labute approximate surface area is 107 Å². The second kappa shape index (κ2) is 6.39. The van der Waals surface area contributed by atoms with Crippen molar-refractivity contribution in [3.05, 3.63) is 24.3 Å². The van der Waals surface area contributed by atoms with Crippen LogP contribution in [0.3, 0.4) is 0 Å². The zero-order chi connectivity index (χ0) is 12.8. The smallest absolute Gasteiger partial charge is 0.242 e. The highest BCUT2D eigenvalue weighted by atomic mass is 32.2. The van der Waals surface area contributed by atoms with E-state index in [4.69, 9.17) is 5.73 Å². The van der Waals surface area contributed by atoms with Crippen molar-refractivity contribution in [2.24, 2.45) is 0 Å². The number of carbonyl (C=O) groups is 1. The summed E-state index contributed by atoms with van der Waals surface area (Å²) in [7, 11) is 3.52. The van der Waals surface area contributed by atoms with Crippen molar-refractivity contribution in [1.29, 1.82) is 0 Å². The van der Waals surface area contributed by atoms with Gasteiger partial charge in [-0.05, 0) is 30.1 Å². The molecule has 1 rings (SSSR count). The van der Waals surface area contributed by atoms with Crippen LogP contribution in [0.2, 0.25) is 0 Å². The van der Waals surface area contributed by atoms with Crippen LogP contribution in [-0.4, -0.2) is 37.2 Å². The van der Waals surface area contributed by atoms with Crippen LogP contribution in [0.15, 0.2) is 24.3 Å². The molecule has 0 saturated heterocycles. The predicted octanol–water partition coefficient (Wildman–Crippen LogP) is 1.83. The molecule has 0 aliphatic carbocycles. The Morgan fingerprint density at radius 1 is 1.41 bits per heavy atom. The van der Waals surface area contributed by atoms with Gasteiger partial charge in [-0.3, -0.25) is 4.79 Å². The van der Waals surface area contributed by atoms with Gasteiger partial charge in [-0.15, -0.1) is 0 Å². The minimum absolute atomic E-state index is 0.0772. The second-order valence-corrected chi connectivity index (χ2v) is 5.11. The fourth-order valence-electron chi connectivity index (χ4n) is 1.31. The normalized spacial score (nSPS) is 10.1. The van der Waals surface area contributed by atoms with Crippen LogP contribution in [0.5, 0.6) is 0 Å². The highest BCUT2D eigenvalue weighted by Crippen LogP contribution is 2.24. The van der Waals surface area contributed by atoms with Crippen molar-refractivity contribution in [3.8, 4) is 0 Å². The SMILES string of the molecule is CCSN(CC(=O)N(C)C)c1cccc(N)c1. The topological polar surface area (TPSA) is 49.6 Å².